The molecule has 15 aromatic heterocycles. The van der Waals surface area contributed by atoms with E-state index < -0.39 is 0 Å². The summed E-state index contributed by atoms with van der Waals surface area (Å²) < 4.78 is 5.63. The summed E-state index contributed by atoms with van der Waals surface area (Å²) in [7, 11) is 1.98. The third-order valence-electron chi connectivity index (χ3n) is 20.3. The van der Waals surface area contributed by atoms with Gasteiger partial charge >= 0.3 is 0 Å². The first-order valence-electron chi connectivity index (χ1n) is 45.1. The van der Waals surface area contributed by atoms with Gasteiger partial charge < -0.3 is 19.6 Å². The Morgan fingerprint density at radius 1 is 0.427 bits per heavy atom. The predicted octanol–water partition coefficient (Wildman–Crippen LogP) is 25.1. The minimum absolute atomic E-state index is 0.00415. The summed E-state index contributed by atoms with van der Waals surface area (Å²) in [5, 5.41) is 41.0. The predicted molar refractivity (Wildman–Crippen MR) is 586 cm³/mol. The number of para-hydroxylation sites is 1. The zero-order chi connectivity index (χ0) is 100. The highest BCUT2D eigenvalue weighted by molar-refractivity contribution is 7.99. The molecule has 3 aromatic carbocycles. The van der Waals surface area contributed by atoms with Crippen LogP contribution in [0.4, 0.5) is 17.2 Å². The molecule has 28 heteroatoms. The first-order chi connectivity index (χ1) is 69.7. The van der Waals surface area contributed by atoms with Crippen molar-refractivity contribution in [1.82, 2.24) is 74.8 Å². The van der Waals surface area contributed by atoms with E-state index >= 15 is 0 Å². The van der Waals surface area contributed by atoms with Crippen LogP contribution in [0, 0.1) is 149 Å². The number of rotatable bonds is 12. The van der Waals surface area contributed by atoms with Gasteiger partial charge in [-0.3, -0.25) is 24.9 Å². The number of hydrogen-bond donors (Lipinski definition) is 1. The van der Waals surface area contributed by atoms with Crippen LogP contribution < -0.4 is 14.5 Å². The Morgan fingerprint density at radius 2 is 0.860 bits per heavy atom. The topological polar surface area (TPSA) is 253 Å². The molecule has 18 aromatic rings. The largest absolute Gasteiger partial charge is 0.439 e. The maximum absolute atomic E-state index is 9.45. The number of thioether (sulfide) groups is 1. The highest BCUT2D eigenvalue weighted by atomic mass is 32.2. The van der Waals surface area contributed by atoms with E-state index in [-0.39, 0.29) is 6.61 Å². The number of aromatic nitrogens is 15. The number of hydrogen-bond acceptors (Lipinski definition) is 28. The lowest BCUT2D eigenvalue weighted by Gasteiger charge is -2.31. The maximum atomic E-state index is 9.45. The molecule has 16 heterocycles. The lowest BCUT2D eigenvalue weighted by Crippen LogP contribution is -2.33. The fourth-order valence-corrected chi connectivity index (χ4v) is 17.4. The van der Waals surface area contributed by atoms with Crippen molar-refractivity contribution < 1.29 is 9.84 Å². The van der Waals surface area contributed by atoms with Crippen LogP contribution in [0.25, 0.3) is 28.3 Å². The average molecular weight is 2020 g/mol. The molecule has 1 aliphatic rings. The van der Waals surface area contributed by atoms with Crippen molar-refractivity contribution in [1.29, 1.82) is 5.26 Å². The summed E-state index contributed by atoms with van der Waals surface area (Å²) >= 11 is 13.0. The molecule has 20 nitrogen and oxygen atoms in total. The molecule has 0 spiro atoms. The van der Waals surface area contributed by atoms with Gasteiger partial charge in [-0.2, -0.15) is 5.26 Å². The molecular weight excluding hydrogens is 1920 g/mol. The van der Waals surface area contributed by atoms with Crippen LogP contribution in [0.1, 0.15) is 171 Å². The standard InChI is InChI=1S/C18H11N3S.C18H14N2OS.C17H14N4S.C17H19N3S.C17H12N2OS.C15H16N2S2.C13H10N2S/c1-13-21-18(12-22-13)6-5-15-8-17(11-20-10-15)16-4-2-3-14(7-16)9-19;1-13-20-17(12-22-13)7-6-14-8-16(10-19-9-14)18-5-3-2-4-15(18)11-21;1-13-20-15(12-22-13)6-5-14-8-17(11-19-9-14)21(2)16-4-3-7-18-10-16;1-13-7-9-20(10-8-13)17-6-4-15(11-18-17)3-5-16-12-21-14(2)19-16;1-13-19-15(12-21-13)9-7-14-8-10-17(18-11-14)20-16-5-3-2-4-6-16;1-4-11(2)19-15-8-6-13(9-16-15)5-7-14-10-18-12(3)17-14;1-3-11-6-12(8-14-7-11)4-5-13-9-16-10(2)15-13/h2-4,7-8,10-12H,1H3;2-5,8-10,12,21H,11H2,1H3;3-4,7-12H,1-2H3;4,6,11-13H,7-10H2,1-2H3;2-6,8,10-12H,1H3;6,8-11H,4H2,1-3H3;3,6-9H,1H2,2H3. The zero-order valence-corrected chi connectivity index (χ0v) is 86.9. The van der Waals surface area contributed by atoms with Gasteiger partial charge in [0.25, 0.3) is 0 Å². The minimum atomic E-state index is 0.00415. The van der Waals surface area contributed by atoms with E-state index in [1.807, 2.05) is 262 Å². The fourth-order valence-electron chi connectivity index (χ4n) is 12.8. The first-order valence-corrected chi connectivity index (χ1v) is 52.1. The van der Waals surface area contributed by atoms with Crippen molar-refractivity contribution in [2.75, 3.05) is 29.9 Å². The molecule has 1 atom stereocenters. The zero-order valence-electron chi connectivity index (χ0n) is 80.3. The highest BCUT2D eigenvalue weighted by Gasteiger charge is 2.18. The van der Waals surface area contributed by atoms with Crippen LogP contribution in [-0.2, 0) is 6.61 Å². The smallest absolute Gasteiger partial charge is 0.219 e. The number of aliphatic hydroxyl groups is 1. The van der Waals surface area contributed by atoms with E-state index in [0.717, 1.165) is 201 Å². The van der Waals surface area contributed by atoms with Gasteiger partial charge in [-0.1, -0.05) is 129 Å². The normalized spacial score (nSPS) is 10.9. The highest BCUT2D eigenvalue weighted by Crippen LogP contribution is 2.29. The maximum Gasteiger partial charge on any atom is 0.219 e. The summed E-state index contributed by atoms with van der Waals surface area (Å²) in [4.78, 5) is 68.8. The number of anilines is 3. The first kappa shape index (κ1) is 104. The molecule has 1 saturated heterocycles. The molecule has 0 amide bonds. The van der Waals surface area contributed by atoms with E-state index in [4.69, 9.17) is 10.00 Å². The van der Waals surface area contributed by atoms with Crippen molar-refractivity contribution in [3.63, 3.8) is 0 Å². The SMILES string of the molecule is C=Cc1cncc(C#Cc2csc(C)n2)c1.CCC(C)Sc1ccc(C#Cc2csc(C)n2)cn1.Cc1nc(C#Cc2ccc(N3CCC(C)CC3)nc2)cs1.Cc1nc(C#Cc2ccc(Oc3ccccc3)nc2)cs1.Cc1nc(C#Cc2cncc(-c3cccc(C#N)c3)c2)cs1.Cc1nc(C#Cc2cncc(-c3ccccc3CO)c2)cs1.Cc1nc(C#Cc2cncc(N(C)c3cccnc3)c2)cs1. The van der Waals surface area contributed by atoms with Gasteiger partial charge in [-0.25, -0.2) is 49.8 Å². The molecule has 0 aliphatic carbocycles. The second-order valence-electron chi connectivity index (χ2n) is 31.5. The van der Waals surface area contributed by atoms with Crippen molar-refractivity contribution in [2.45, 2.75) is 105 Å². The minimum Gasteiger partial charge on any atom is -0.439 e. The van der Waals surface area contributed by atoms with Crippen molar-refractivity contribution in [3.05, 3.63) is 407 Å². The summed E-state index contributed by atoms with van der Waals surface area (Å²) in [6.07, 6.45) is 28.5. The van der Waals surface area contributed by atoms with Crippen LogP contribution in [0.5, 0.6) is 11.6 Å². The average Bonchev–Trinajstić information content (AvgIpc) is 1.81. The van der Waals surface area contributed by atoms with Crippen LogP contribution in [-0.4, -0.2) is 105 Å². The number of aryl methyl sites for hydroxylation is 7. The Hall–Kier alpha value is -15.9. The quantitative estimate of drug-likeness (QED) is 0.0881. The summed E-state index contributed by atoms with van der Waals surface area (Å²) in [6.45, 7) is 26.4. The number of piperidine rings is 1. The van der Waals surface area contributed by atoms with Gasteiger partial charge in [0.15, 0.2) is 0 Å². The van der Waals surface area contributed by atoms with E-state index in [0.29, 0.717) is 16.7 Å². The lowest BCUT2D eigenvalue weighted by atomic mass is 9.99. The molecule has 1 unspecified atom stereocenters. The summed E-state index contributed by atoms with van der Waals surface area (Å²) in [5.74, 6) is 46.1. The van der Waals surface area contributed by atoms with Crippen LogP contribution in [0.2, 0.25) is 0 Å². The van der Waals surface area contributed by atoms with E-state index in [9.17, 15) is 5.11 Å². The number of ether oxygens (including phenoxy) is 1. The van der Waals surface area contributed by atoms with Crippen LogP contribution in [0.3, 0.4) is 0 Å². The molecule has 0 radical (unpaired) electrons. The summed E-state index contributed by atoms with van der Waals surface area (Å²) in [6, 6.07) is 50.6. The molecule has 0 bridgehead atoms. The molecule has 0 saturated carbocycles. The molecule has 1 fully saturated rings. The van der Waals surface area contributed by atoms with E-state index in [1.54, 1.807) is 159 Å². The monoisotopic (exact) mass is 2020 g/mol. The van der Waals surface area contributed by atoms with E-state index in [1.165, 1.54) is 12.8 Å². The number of pyridine rings is 8. The number of benzene rings is 3. The summed E-state index contributed by atoms with van der Waals surface area (Å²) in [5.41, 5.74) is 20.0. The molecular formula is C115H96N18O2S8. The van der Waals surface area contributed by atoms with Gasteiger partial charge in [0.1, 0.15) is 51.4 Å². The molecule has 1 N–H and O–H groups in total. The van der Waals surface area contributed by atoms with Gasteiger partial charge in [0, 0.05) is 187 Å². The number of aliphatic hydroxyl groups excluding tert-OH is 1. The van der Waals surface area contributed by atoms with Gasteiger partial charge in [-0.05, 0) is 228 Å². The third-order valence-corrected chi connectivity index (χ3v) is 26.9. The van der Waals surface area contributed by atoms with Gasteiger partial charge in [-0.15, -0.1) is 91.1 Å². The Bertz CT molecular complexity index is 7780. The fraction of sp³-hybridized carbons (Fsp3) is 0.165. The second kappa shape index (κ2) is 55.2. The number of thiazole rings is 7. The molecule has 1 aliphatic heterocycles. The number of nitriles is 1. The van der Waals surface area contributed by atoms with Crippen molar-refractivity contribution >= 4 is 114 Å². The second-order valence-corrected chi connectivity index (χ2v) is 40.3. The Kier molecular flexibility index (Phi) is 40.3. The lowest BCUT2D eigenvalue weighted by molar-refractivity contribution is 0.282. The van der Waals surface area contributed by atoms with Crippen LogP contribution >= 0.6 is 91.1 Å². The number of nitrogens with zero attached hydrogens (tertiary/aromatic N) is 18. The van der Waals surface area contributed by atoms with Crippen molar-refractivity contribution in [3.8, 4) is 123 Å². The Balaban J connectivity index is 0.000000140. The van der Waals surface area contributed by atoms with Gasteiger partial charge in [0.05, 0.1) is 82.1 Å². The molecule has 143 heavy (non-hydrogen) atoms. The Labute approximate surface area is 868 Å². The van der Waals surface area contributed by atoms with Crippen LogP contribution in [0.15, 0.2) is 281 Å². The van der Waals surface area contributed by atoms with Gasteiger partial charge in [0.2, 0.25) is 5.88 Å². The molecule has 706 valence electrons. The van der Waals surface area contributed by atoms with E-state index in [2.05, 4.69) is 202 Å². The third kappa shape index (κ3) is 35.2. The Morgan fingerprint density at radius 3 is 1.30 bits per heavy atom. The molecule has 19 rings (SSSR count). The van der Waals surface area contributed by atoms with Crippen molar-refractivity contribution in [2.24, 2.45) is 5.92 Å².